The molecule has 1 N–H and O–H groups in total. The summed E-state index contributed by atoms with van der Waals surface area (Å²) >= 11 is 0. The molecule has 1 fully saturated rings. The Hall–Kier alpha value is -2.62. The lowest BCUT2D eigenvalue weighted by molar-refractivity contribution is 0.0949. The van der Waals surface area contributed by atoms with Crippen molar-refractivity contribution in [2.45, 2.75) is 25.3 Å². The second kappa shape index (κ2) is 10.8. The van der Waals surface area contributed by atoms with Crippen LogP contribution in [0.2, 0.25) is 0 Å². The number of hydrogen-bond acceptors (Lipinski definition) is 6. The topological polar surface area (TPSA) is 88.2 Å². The molecule has 3 rings (SSSR count). The van der Waals surface area contributed by atoms with Crippen molar-refractivity contribution < 1.29 is 22.7 Å². The molecule has 0 spiro atoms. The molecule has 0 atom stereocenters. The van der Waals surface area contributed by atoms with Crippen molar-refractivity contribution in [3.8, 4) is 5.75 Å². The van der Waals surface area contributed by atoms with Gasteiger partial charge in [-0.25, -0.2) is 8.42 Å². The van der Waals surface area contributed by atoms with Crippen LogP contribution in [-0.2, 0) is 21.3 Å². The molecule has 0 aliphatic carbocycles. The Kier molecular flexibility index (Phi) is 8.11. The number of morpholine rings is 1. The van der Waals surface area contributed by atoms with Gasteiger partial charge >= 0.3 is 0 Å². The van der Waals surface area contributed by atoms with Crippen molar-refractivity contribution in [3.63, 3.8) is 0 Å². The maximum Gasteiger partial charge on any atom is 0.253 e. The number of methoxy groups -OCH3 is 1. The SMILES string of the molecule is CCN(CC)S(=O)(=O)c1ccc(N2CCOCC2)c(C(=O)NCc2ccc(OC)cc2)c1. The van der Waals surface area contributed by atoms with Crippen molar-refractivity contribution in [1.82, 2.24) is 9.62 Å². The number of ether oxygens (including phenoxy) is 2. The number of sulfonamides is 1. The van der Waals surface area contributed by atoms with Crippen molar-refractivity contribution in [2.75, 3.05) is 51.4 Å². The lowest BCUT2D eigenvalue weighted by Gasteiger charge is -2.30. The molecule has 0 saturated carbocycles. The summed E-state index contributed by atoms with van der Waals surface area (Å²) in [7, 11) is -2.08. The monoisotopic (exact) mass is 461 g/mol. The molecule has 0 aromatic heterocycles. The van der Waals surface area contributed by atoms with Crippen LogP contribution in [0.15, 0.2) is 47.4 Å². The van der Waals surface area contributed by atoms with Gasteiger partial charge in [-0.2, -0.15) is 4.31 Å². The van der Waals surface area contributed by atoms with Gasteiger partial charge in [0, 0.05) is 38.4 Å². The molecule has 1 aliphatic heterocycles. The lowest BCUT2D eigenvalue weighted by atomic mass is 10.1. The first-order chi connectivity index (χ1) is 15.4. The summed E-state index contributed by atoms with van der Waals surface area (Å²) < 4.78 is 38.1. The number of nitrogens with one attached hydrogen (secondary N) is 1. The molecule has 8 nitrogen and oxygen atoms in total. The summed E-state index contributed by atoms with van der Waals surface area (Å²) in [6, 6.07) is 12.2. The van der Waals surface area contributed by atoms with E-state index in [-0.39, 0.29) is 10.8 Å². The predicted molar refractivity (Wildman–Crippen MR) is 124 cm³/mol. The summed E-state index contributed by atoms with van der Waals surface area (Å²) in [4.78, 5) is 15.4. The molecule has 0 bridgehead atoms. The van der Waals surface area contributed by atoms with Crippen molar-refractivity contribution in [2.24, 2.45) is 0 Å². The van der Waals surface area contributed by atoms with E-state index >= 15 is 0 Å². The number of nitrogens with zero attached hydrogens (tertiary/aromatic N) is 2. The standard InChI is InChI=1S/C23H31N3O5S/c1-4-26(5-2)32(28,29)20-10-11-22(25-12-14-31-15-13-25)21(16-20)23(27)24-17-18-6-8-19(30-3)9-7-18/h6-11,16H,4-5,12-15,17H2,1-3H3,(H,24,27). The summed E-state index contributed by atoms with van der Waals surface area (Å²) in [5, 5.41) is 2.92. The zero-order valence-corrected chi connectivity index (χ0v) is 19.7. The van der Waals surface area contributed by atoms with Gasteiger partial charge in [-0.1, -0.05) is 26.0 Å². The number of hydrogen-bond donors (Lipinski definition) is 1. The van der Waals surface area contributed by atoms with Gasteiger partial charge in [0.05, 0.1) is 30.8 Å². The Morgan fingerprint density at radius 1 is 1.09 bits per heavy atom. The van der Waals surface area contributed by atoms with Crippen LogP contribution >= 0.6 is 0 Å². The average molecular weight is 462 g/mol. The number of amides is 1. The van der Waals surface area contributed by atoms with Gasteiger partial charge in [0.2, 0.25) is 10.0 Å². The molecule has 1 saturated heterocycles. The molecule has 2 aromatic rings. The van der Waals surface area contributed by atoms with Crippen LogP contribution in [0.5, 0.6) is 5.75 Å². The van der Waals surface area contributed by atoms with Crippen LogP contribution in [0.1, 0.15) is 29.8 Å². The molecule has 1 amide bonds. The number of carbonyl (C=O) groups excluding carboxylic acids is 1. The largest absolute Gasteiger partial charge is 0.497 e. The minimum absolute atomic E-state index is 0.118. The van der Waals surface area contributed by atoms with E-state index in [2.05, 4.69) is 10.2 Å². The van der Waals surface area contributed by atoms with Crippen molar-refractivity contribution >= 4 is 21.6 Å². The molecule has 2 aromatic carbocycles. The molecule has 9 heteroatoms. The molecule has 0 unspecified atom stereocenters. The van der Waals surface area contributed by atoms with E-state index in [1.807, 2.05) is 24.3 Å². The van der Waals surface area contributed by atoms with Crippen LogP contribution < -0.4 is 15.0 Å². The Balaban J connectivity index is 1.90. The summed E-state index contributed by atoms with van der Waals surface area (Å²) in [5.74, 6) is 0.419. The van der Waals surface area contributed by atoms with Gasteiger partial charge in [0.25, 0.3) is 5.91 Å². The number of rotatable bonds is 9. The van der Waals surface area contributed by atoms with Crippen LogP contribution in [0, 0.1) is 0 Å². The molecule has 1 aliphatic rings. The fraction of sp³-hybridized carbons (Fsp3) is 0.435. The smallest absolute Gasteiger partial charge is 0.253 e. The third kappa shape index (κ3) is 5.40. The van der Waals surface area contributed by atoms with E-state index in [4.69, 9.17) is 9.47 Å². The first-order valence-corrected chi connectivity index (χ1v) is 12.2. The molecular formula is C23H31N3O5S. The number of anilines is 1. The highest BCUT2D eigenvalue weighted by Gasteiger charge is 2.26. The van der Waals surface area contributed by atoms with Crippen molar-refractivity contribution in [1.29, 1.82) is 0 Å². The van der Waals surface area contributed by atoms with Gasteiger partial charge in [-0.05, 0) is 35.9 Å². The zero-order valence-electron chi connectivity index (χ0n) is 18.8. The molecule has 0 radical (unpaired) electrons. The van der Waals surface area contributed by atoms with Gasteiger partial charge in [0.15, 0.2) is 0 Å². The summed E-state index contributed by atoms with van der Waals surface area (Å²) in [6.07, 6.45) is 0. The third-order valence-electron chi connectivity index (χ3n) is 5.52. The maximum atomic E-state index is 13.2. The number of carbonyl (C=O) groups is 1. The molecule has 32 heavy (non-hydrogen) atoms. The lowest BCUT2D eigenvalue weighted by Crippen LogP contribution is -2.38. The number of benzene rings is 2. The second-order valence-electron chi connectivity index (χ2n) is 7.40. The van der Waals surface area contributed by atoms with E-state index in [0.29, 0.717) is 57.2 Å². The Labute approximate surface area is 190 Å². The molecule has 1 heterocycles. The van der Waals surface area contributed by atoms with Gasteiger partial charge in [0.1, 0.15) is 5.75 Å². The minimum atomic E-state index is -3.68. The molecular weight excluding hydrogens is 430 g/mol. The molecule has 174 valence electrons. The summed E-state index contributed by atoms with van der Waals surface area (Å²) in [5.41, 5.74) is 1.96. The highest BCUT2D eigenvalue weighted by Crippen LogP contribution is 2.27. The highest BCUT2D eigenvalue weighted by atomic mass is 32.2. The van der Waals surface area contributed by atoms with Gasteiger partial charge < -0.3 is 19.7 Å². The van der Waals surface area contributed by atoms with Gasteiger partial charge in [-0.3, -0.25) is 4.79 Å². The maximum absolute atomic E-state index is 13.2. The van der Waals surface area contributed by atoms with Crippen LogP contribution in [0.3, 0.4) is 0 Å². The third-order valence-corrected chi connectivity index (χ3v) is 7.57. The quantitative estimate of drug-likeness (QED) is 0.617. The van der Waals surface area contributed by atoms with Crippen LogP contribution in [-0.4, -0.2) is 65.1 Å². The first kappa shape index (κ1) is 24.0. The van der Waals surface area contributed by atoms with Crippen LogP contribution in [0.4, 0.5) is 5.69 Å². The average Bonchev–Trinajstić information content (AvgIpc) is 2.83. The first-order valence-electron chi connectivity index (χ1n) is 10.8. The minimum Gasteiger partial charge on any atom is -0.497 e. The van der Waals surface area contributed by atoms with Crippen molar-refractivity contribution in [3.05, 3.63) is 53.6 Å². The normalized spacial score (nSPS) is 14.4. The Morgan fingerprint density at radius 3 is 2.34 bits per heavy atom. The van der Waals surface area contributed by atoms with Gasteiger partial charge in [-0.15, -0.1) is 0 Å². The fourth-order valence-electron chi connectivity index (χ4n) is 3.67. The highest BCUT2D eigenvalue weighted by molar-refractivity contribution is 7.89. The van der Waals surface area contributed by atoms with E-state index in [0.717, 1.165) is 11.3 Å². The Bertz CT molecular complexity index is 1010. The second-order valence-corrected chi connectivity index (χ2v) is 9.34. The fourth-order valence-corrected chi connectivity index (χ4v) is 5.16. The zero-order chi connectivity index (χ0) is 23.1. The Morgan fingerprint density at radius 2 is 1.75 bits per heavy atom. The van der Waals surface area contributed by atoms with Crippen LogP contribution in [0.25, 0.3) is 0 Å². The predicted octanol–water partition coefficient (Wildman–Crippen LogP) is 2.49. The van der Waals surface area contributed by atoms with E-state index in [1.165, 1.54) is 10.4 Å². The summed E-state index contributed by atoms with van der Waals surface area (Å²) in [6.45, 7) is 7.04. The van der Waals surface area contributed by atoms with E-state index < -0.39 is 10.0 Å². The van der Waals surface area contributed by atoms with E-state index in [9.17, 15) is 13.2 Å². The van der Waals surface area contributed by atoms with E-state index in [1.54, 1.807) is 33.1 Å².